The number of benzene rings is 1. The Kier molecular flexibility index (Phi) is 2.90. The molecular weight excluding hydrogens is 242 g/mol. The molecule has 1 fully saturated rings. The van der Waals surface area contributed by atoms with Gasteiger partial charge in [0.1, 0.15) is 0 Å². The van der Waals surface area contributed by atoms with Gasteiger partial charge in [0.05, 0.1) is 10.2 Å². The number of aromatic nitrogens is 1. The highest BCUT2D eigenvalue weighted by Crippen LogP contribution is 2.34. The minimum absolute atomic E-state index is 0.220. The van der Waals surface area contributed by atoms with Crippen molar-refractivity contribution < 1.29 is 0 Å². The lowest BCUT2D eigenvalue weighted by Crippen LogP contribution is -2.36. The first-order chi connectivity index (χ1) is 8.65. The number of nitrogen functional groups attached to an aromatic ring is 1. The highest BCUT2D eigenvalue weighted by Gasteiger charge is 2.27. The maximum Gasteiger partial charge on any atom is 0.184 e. The number of anilines is 2. The van der Waals surface area contributed by atoms with E-state index >= 15 is 0 Å². The summed E-state index contributed by atoms with van der Waals surface area (Å²) in [5.74, 6) is 0. The maximum absolute atomic E-state index is 5.80. The fourth-order valence-electron chi connectivity index (χ4n) is 2.71. The molecule has 1 aliphatic carbocycles. The van der Waals surface area contributed by atoms with Crippen LogP contribution in [0, 0.1) is 0 Å². The molecule has 0 spiro atoms. The summed E-state index contributed by atoms with van der Waals surface area (Å²) in [6, 6.07) is 5.91. The number of thiazole rings is 1. The molecule has 1 saturated carbocycles. The van der Waals surface area contributed by atoms with Gasteiger partial charge in [-0.1, -0.05) is 30.6 Å². The smallest absolute Gasteiger partial charge is 0.184 e. The first-order valence-electron chi connectivity index (χ1n) is 6.59. The number of nitrogens with one attached hydrogen (secondary N) is 1. The van der Waals surface area contributed by atoms with Crippen LogP contribution in [-0.4, -0.2) is 10.5 Å². The number of rotatable bonds is 2. The summed E-state index contributed by atoms with van der Waals surface area (Å²) in [7, 11) is 0. The normalized spacial score (nSPS) is 18.9. The number of fused-ring (bicyclic) bond motifs is 1. The lowest BCUT2D eigenvalue weighted by Gasteiger charge is -2.34. The number of nitrogens with two attached hydrogens (primary N) is 1. The molecule has 18 heavy (non-hydrogen) atoms. The Morgan fingerprint density at radius 3 is 2.83 bits per heavy atom. The summed E-state index contributed by atoms with van der Waals surface area (Å²) in [6.45, 7) is 2.31. The van der Waals surface area contributed by atoms with Crippen molar-refractivity contribution in [2.45, 2.75) is 44.6 Å². The number of nitrogens with zero attached hydrogens (tertiary/aromatic N) is 1. The Morgan fingerprint density at radius 1 is 1.28 bits per heavy atom. The minimum atomic E-state index is 0.220. The van der Waals surface area contributed by atoms with Crippen LogP contribution in [0.3, 0.4) is 0 Å². The first kappa shape index (κ1) is 11.8. The van der Waals surface area contributed by atoms with E-state index in [2.05, 4.69) is 17.2 Å². The Balaban J connectivity index is 1.86. The molecule has 0 radical (unpaired) electrons. The van der Waals surface area contributed by atoms with Crippen LogP contribution in [0.4, 0.5) is 10.8 Å². The predicted molar refractivity (Wildman–Crippen MR) is 79.1 cm³/mol. The summed E-state index contributed by atoms with van der Waals surface area (Å²) in [5, 5.41) is 4.66. The van der Waals surface area contributed by atoms with Crippen molar-refractivity contribution in [1.29, 1.82) is 0 Å². The molecule has 1 aromatic heterocycles. The van der Waals surface area contributed by atoms with E-state index in [0.717, 1.165) is 21.0 Å². The largest absolute Gasteiger partial charge is 0.399 e. The second-order valence-electron chi connectivity index (χ2n) is 5.49. The average molecular weight is 261 g/mol. The molecule has 3 nitrogen and oxygen atoms in total. The third-order valence-corrected chi connectivity index (χ3v) is 4.71. The van der Waals surface area contributed by atoms with E-state index < -0.39 is 0 Å². The number of hydrogen-bond donors (Lipinski definition) is 2. The Hall–Kier alpha value is -1.29. The minimum Gasteiger partial charge on any atom is -0.399 e. The van der Waals surface area contributed by atoms with Crippen LogP contribution in [0.5, 0.6) is 0 Å². The van der Waals surface area contributed by atoms with Crippen LogP contribution in [-0.2, 0) is 0 Å². The molecule has 0 saturated heterocycles. The molecule has 2 aromatic rings. The molecule has 3 N–H and O–H groups in total. The Bertz CT molecular complexity index is 555. The zero-order valence-electron chi connectivity index (χ0n) is 10.7. The molecule has 96 valence electrons. The molecule has 0 atom stereocenters. The fraction of sp³-hybridized carbons (Fsp3) is 0.500. The van der Waals surface area contributed by atoms with Crippen molar-refractivity contribution in [2.75, 3.05) is 11.1 Å². The summed E-state index contributed by atoms with van der Waals surface area (Å²) >= 11 is 1.70. The maximum atomic E-state index is 5.80. The molecule has 4 heteroatoms. The van der Waals surface area contributed by atoms with Crippen molar-refractivity contribution in [3.8, 4) is 0 Å². The summed E-state index contributed by atoms with van der Waals surface area (Å²) in [6.07, 6.45) is 6.49. The van der Waals surface area contributed by atoms with Crippen molar-refractivity contribution >= 4 is 32.4 Å². The van der Waals surface area contributed by atoms with Crippen LogP contribution in [0.15, 0.2) is 18.2 Å². The van der Waals surface area contributed by atoms with Gasteiger partial charge in [-0.25, -0.2) is 4.98 Å². The van der Waals surface area contributed by atoms with Crippen LogP contribution in [0.25, 0.3) is 10.2 Å². The van der Waals surface area contributed by atoms with Crippen molar-refractivity contribution in [2.24, 2.45) is 0 Å². The van der Waals surface area contributed by atoms with E-state index in [1.165, 1.54) is 32.1 Å². The Morgan fingerprint density at radius 2 is 2.06 bits per heavy atom. The Labute approximate surface area is 111 Å². The van der Waals surface area contributed by atoms with Crippen LogP contribution in [0.2, 0.25) is 0 Å². The summed E-state index contributed by atoms with van der Waals surface area (Å²) in [5.41, 5.74) is 7.87. The van der Waals surface area contributed by atoms with Gasteiger partial charge in [0, 0.05) is 11.2 Å². The summed E-state index contributed by atoms with van der Waals surface area (Å²) < 4.78 is 1.16. The van der Waals surface area contributed by atoms with Gasteiger partial charge in [-0.3, -0.25) is 0 Å². The van der Waals surface area contributed by atoms with Gasteiger partial charge in [0.15, 0.2) is 5.13 Å². The van der Waals surface area contributed by atoms with Crippen LogP contribution >= 0.6 is 11.3 Å². The number of hydrogen-bond acceptors (Lipinski definition) is 4. The van der Waals surface area contributed by atoms with Gasteiger partial charge in [-0.2, -0.15) is 0 Å². The van der Waals surface area contributed by atoms with E-state index in [0.29, 0.717) is 0 Å². The molecular formula is C14H19N3S. The standard InChI is InChI=1S/C14H19N3S/c1-14(7-3-2-4-8-14)17-13-16-11-6-5-10(15)9-12(11)18-13/h5-6,9H,2-4,7-8,15H2,1H3,(H,16,17). The van der Waals surface area contributed by atoms with Gasteiger partial charge < -0.3 is 11.1 Å². The molecule has 1 heterocycles. The quantitative estimate of drug-likeness (QED) is 0.803. The van der Waals surface area contributed by atoms with E-state index in [4.69, 9.17) is 5.73 Å². The summed E-state index contributed by atoms with van der Waals surface area (Å²) in [4.78, 5) is 4.64. The van der Waals surface area contributed by atoms with Crippen molar-refractivity contribution in [3.63, 3.8) is 0 Å². The van der Waals surface area contributed by atoms with Crippen LogP contribution < -0.4 is 11.1 Å². The van der Waals surface area contributed by atoms with E-state index in [9.17, 15) is 0 Å². The van der Waals surface area contributed by atoms with Gasteiger partial charge >= 0.3 is 0 Å². The lowest BCUT2D eigenvalue weighted by molar-refractivity contribution is 0.349. The second-order valence-corrected chi connectivity index (χ2v) is 6.52. The zero-order valence-corrected chi connectivity index (χ0v) is 11.5. The topological polar surface area (TPSA) is 50.9 Å². The van der Waals surface area contributed by atoms with E-state index in [-0.39, 0.29) is 5.54 Å². The van der Waals surface area contributed by atoms with Gasteiger partial charge in [0.25, 0.3) is 0 Å². The fourth-order valence-corrected chi connectivity index (χ4v) is 3.77. The first-order valence-corrected chi connectivity index (χ1v) is 7.41. The second kappa shape index (κ2) is 4.43. The van der Waals surface area contributed by atoms with Crippen LogP contribution in [0.1, 0.15) is 39.0 Å². The molecule has 0 bridgehead atoms. The highest BCUT2D eigenvalue weighted by atomic mass is 32.1. The van der Waals surface area contributed by atoms with Gasteiger partial charge in [-0.15, -0.1) is 0 Å². The third kappa shape index (κ3) is 2.29. The van der Waals surface area contributed by atoms with E-state index in [1.54, 1.807) is 11.3 Å². The monoisotopic (exact) mass is 261 g/mol. The molecule has 0 unspecified atom stereocenters. The zero-order chi connectivity index (χ0) is 12.6. The van der Waals surface area contributed by atoms with Gasteiger partial charge in [0.2, 0.25) is 0 Å². The predicted octanol–water partition coefficient (Wildman–Crippen LogP) is 4.01. The molecule has 3 rings (SSSR count). The van der Waals surface area contributed by atoms with Crippen molar-refractivity contribution in [1.82, 2.24) is 4.98 Å². The highest BCUT2D eigenvalue weighted by molar-refractivity contribution is 7.22. The van der Waals surface area contributed by atoms with Gasteiger partial charge in [-0.05, 0) is 38.0 Å². The molecule has 0 amide bonds. The van der Waals surface area contributed by atoms with Crippen molar-refractivity contribution in [3.05, 3.63) is 18.2 Å². The van der Waals surface area contributed by atoms with E-state index in [1.807, 2.05) is 18.2 Å². The molecule has 1 aromatic carbocycles. The third-order valence-electron chi connectivity index (χ3n) is 3.78. The SMILES string of the molecule is CC1(Nc2nc3ccc(N)cc3s2)CCCCC1. The average Bonchev–Trinajstić information content (AvgIpc) is 2.70. The molecule has 0 aliphatic heterocycles. The molecule has 1 aliphatic rings. The lowest BCUT2D eigenvalue weighted by atomic mass is 9.83.